The van der Waals surface area contributed by atoms with Crippen LogP contribution in [0, 0.1) is 0 Å². The molecule has 1 fully saturated rings. The molecular formula is C16H17N3O. The Morgan fingerprint density at radius 2 is 2.15 bits per heavy atom. The molecule has 0 bridgehead atoms. The lowest BCUT2D eigenvalue weighted by Gasteiger charge is -2.14. The van der Waals surface area contributed by atoms with E-state index in [0.717, 1.165) is 24.1 Å². The molecule has 0 radical (unpaired) electrons. The third-order valence-corrected chi connectivity index (χ3v) is 3.43. The smallest absolute Gasteiger partial charge is 0.146 e. The van der Waals surface area contributed by atoms with Crippen LogP contribution in [0.1, 0.15) is 18.4 Å². The predicted molar refractivity (Wildman–Crippen MR) is 78.6 cm³/mol. The highest BCUT2D eigenvalue weighted by molar-refractivity contribution is 5.68. The Morgan fingerprint density at radius 1 is 1.25 bits per heavy atom. The lowest BCUT2D eigenvalue weighted by atomic mass is 10.0. The molecule has 4 nitrogen and oxygen atoms in total. The number of ether oxygens (including phenoxy) is 1. The molecule has 0 spiro atoms. The van der Waals surface area contributed by atoms with Gasteiger partial charge < -0.3 is 10.1 Å². The van der Waals surface area contributed by atoms with Gasteiger partial charge in [-0.05, 0) is 43.2 Å². The number of rotatable bonds is 4. The van der Waals surface area contributed by atoms with Crippen molar-refractivity contribution in [3.63, 3.8) is 0 Å². The first-order valence-corrected chi connectivity index (χ1v) is 6.78. The molecule has 102 valence electrons. The summed E-state index contributed by atoms with van der Waals surface area (Å²) >= 11 is 0. The van der Waals surface area contributed by atoms with Crippen LogP contribution in [0.15, 0.2) is 49.6 Å². The fourth-order valence-corrected chi connectivity index (χ4v) is 2.38. The zero-order valence-corrected chi connectivity index (χ0v) is 11.2. The van der Waals surface area contributed by atoms with Crippen LogP contribution in [-0.4, -0.2) is 22.6 Å². The molecule has 2 aromatic rings. The van der Waals surface area contributed by atoms with Gasteiger partial charge in [0.2, 0.25) is 0 Å². The molecule has 1 unspecified atom stereocenters. The van der Waals surface area contributed by atoms with E-state index in [1.807, 2.05) is 24.4 Å². The minimum absolute atomic E-state index is 0.352. The molecule has 0 aliphatic carbocycles. The second-order valence-electron chi connectivity index (χ2n) is 4.87. The average Bonchev–Trinajstić information content (AvgIpc) is 3.02. The Morgan fingerprint density at radius 3 is 2.90 bits per heavy atom. The first-order chi connectivity index (χ1) is 9.83. The molecule has 20 heavy (non-hydrogen) atoms. The van der Waals surface area contributed by atoms with Gasteiger partial charge in [-0.1, -0.05) is 6.58 Å². The normalized spacial score (nSPS) is 17.9. The molecule has 1 atom stereocenters. The molecule has 3 rings (SSSR count). The zero-order valence-electron chi connectivity index (χ0n) is 11.2. The molecule has 1 aliphatic heterocycles. The van der Waals surface area contributed by atoms with Crippen LogP contribution in [0.4, 0.5) is 0 Å². The molecule has 1 N–H and O–H groups in total. The second-order valence-corrected chi connectivity index (χ2v) is 4.87. The van der Waals surface area contributed by atoms with E-state index in [2.05, 4.69) is 21.9 Å². The summed E-state index contributed by atoms with van der Waals surface area (Å²) in [5.74, 6) is 1.41. The number of pyridine rings is 2. The molecular weight excluding hydrogens is 250 g/mol. The first kappa shape index (κ1) is 12.8. The second kappa shape index (κ2) is 5.84. The van der Waals surface area contributed by atoms with E-state index in [9.17, 15) is 0 Å². The van der Waals surface area contributed by atoms with E-state index < -0.39 is 0 Å². The Balaban J connectivity index is 1.77. The van der Waals surface area contributed by atoms with Gasteiger partial charge in [-0.15, -0.1) is 0 Å². The minimum atomic E-state index is 0.352. The summed E-state index contributed by atoms with van der Waals surface area (Å²) in [7, 11) is 0. The highest BCUT2D eigenvalue weighted by atomic mass is 16.5. The van der Waals surface area contributed by atoms with Crippen LogP contribution in [0.5, 0.6) is 11.5 Å². The lowest BCUT2D eigenvalue weighted by molar-refractivity contribution is 0.477. The fraction of sp³-hybridized carbons (Fsp3) is 0.250. The van der Waals surface area contributed by atoms with Crippen LogP contribution in [0.3, 0.4) is 0 Å². The molecule has 1 aliphatic rings. The van der Waals surface area contributed by atoms with Gasteiger partial charge in [-0.2, -0.15) is 0 Å². The van der Waals surface area contributed by atoms with Crippen molar-refractivity contribution in [2.45, 2.75) is 18.9 Å². The summed E-state index contributed by atoms with van der Waals surface area (Å²) in [6, 6.07) is 6.04. The quantitative estimate of drug-likeness (QED) is 0.925. The number of hydrogen-bond donors (Lipinski definition) is 1. The standard InChI is InChI=1S/C16H17N3O/c1-12(16-5-3-7-19-16)13-8-15(11-18-9-13)20-14-4-2-6-17-10-14/h2,4,6,8-11,16,19H,1,3,5,7H2. The van der Waals surface area contributed by atoms with E-state index >= 15 is 0 Å². The lowest BCUT2D eigenvalue weighted by Crippen LogP contribution is -2.22. The van der Waals surface area contributed by atoms with Gasteiger partial charge in [0.1, 0.15) is 11.5 Å². The number of hydrogen-bond acceptors (Lipinski definition) is 4. The van der Waals surface area contributed by atoms with Crippen molar-refractivity contribution in [3.8, 4) is 11.5 Å². The minimum Gasteiger partial charge on any atom is -0.454 e. The summed E-state index contributed by atoms with van der Waals surface area (Å²) in [6.07, 6.45) is 9.26. The Kier molecular flexibility index (Phi) is 3.74. The number of aromatic nitrogens is 2. The molecule has 1 saturated heterocycles. The van der Waals surface area contributed by atoms with Crippen molar-refractivity contribution in [1.29, 1.82) is 0 Å². The highest BCUT2D eigenvalue weighted by Crippen LogP contribution is 2.26. The number of nitrogens with one attached hydrogen (secondary N) is 1. The third kappa shape index (κ3) is 2.86. The highest BCUT2D eigenvalue weighted by Gasteiger charge is 2.18. The van der Waals surface area contributed by atoms with Crippen molar-refractivity contribution >= 4 is 5.57 Å². The zero-order chi connectivity index (χ0) is 13.8. The molecule has 2 aromatic heterocycles. The first-order valence-electron chi connectivity index (χ1n) is 6.78. The molecule has 4 heteroatoms. The summed E-state index contributed by atoms with van der Waals surface area (Å²) in [6.45, 7) is 5.24. The maximum atomic E-state index is 5.75. The van der Waals surface area contributed by atoms with Crippen molar-refractivity contribution in [3.05, 3.63) is 55.1 Å². The molecule has 0 saturated carbocycles. The monoisotopic (exact) mass is 267 g/mol. The van der Waals surface area contributed by atoms with Crippen molar-refractivity contribution < 1.29 is 4.74 Å². The van der Waals surface area contributed by atoms with Crippen molar-refractivity contribution in [2.75, 3.05) is 6.54 Å². The van der Waals surface area contributed by atoms with Crippen LogP contribution in [-0.2, 0) is 0 Å². The Bertz CT molecular complexity index is 592. The van der Waals surface area contributed by atoms with E-state index in [0.29, 0.717) is 17.5 Å². The molecule has 3 heterocycles. The van der Waals surface area contributed by atoms with Crippen molar-refractivity contribution in [1.82, 2.24) is 15.3 Å². The average molecular weight is 267 g/mol. The van der Waals surface area contributed by atoms with Gasteiger partial charge in [-0.25, -0.2) is 0 Å². The van der Waals surface area contributed by atoms with Crippen LogP contribution >= 0.6 is 0 Å². The van der Waals surface area contributed by atoms with Gasteiger partial charge in [-0.3, -0.25) is 9.97 Å². The van der Waals surface area contributed by atoms with E-state index in [-0.39, 0.29) is 0 Å². The SMILES string of the molecule is C=C(c1cncc(Oc2cccnc2)c1)C1CCCN1. The van der Waals surface area contributed by atoms with Crippen LogP contribution in [0.2, 0.25) is 0 Å². The van der Waals surface area contributed by atoms with Crippen LogP contribution in [0.25, 0.3) is 5.57 Å². The molecule has 0 amide bonds. The van der Waals surface area contributed by atoms with Gasteiger partial charge in [0, 0.05) is 24.0 Å². The van der Waals surface area contributed by atoms with E-state index in [4.69, 9.17) is 4.74 Å². The van der Waals surface area contributed by atoms with E-state index in [1.165, 1.54) is 6.42 Å². The van der Waals surface area contributed by atoms with E-state index in [1.54, 1.807) is 18.6 Å². The van der Waals surface area contributed by atoms with Gasteiger partial charge in [0.05, 0.1) is 12.4 Å². The van der Waals surface area contributed by atoms with Gasteiger partial charge in [0.25, 0.3) is 0 Å². The maximum Gasteiger partial charge on any atom is 0.146 e. The Labute approximate surface area is 118 Å². The topological polar surface area (TPSA) is 47.0 Å². The van der Waals surface area contributed by atoms with Crippen LogP contribution < -0.4 is 10.1 Å². The van der Waals surface area contributed by atoms with Gasteiger partial charge in [0.15, 0.2) is 0 Å². The molecule has 0 aromatic carbocycles. The van der Waals surface area contributed by atoms with Crippen molar-refractivity contribution in [2.24, 2.45) is 0 Å². The number of nitrogens with zero attached hydrogens (tertiary/aromatic N) is 2. The summed E-state index contributed by atoms with van der Waals surface area (Å²) in [5.41, 5.74) is 2.09. The summed E-state index contributed by atoms with van der Waals surface area (Å²) in [4.78, 5) is 8.27. The fourth-order valence-electron chi connectivity index (χ4n) is 2.38. The predicted octanol–water partition coefficient (Wildman–Crippen LogP) is 3.03. The van der Waals surface area contributed by atoms with Gasteiger partial charge >= 0.3 is 0 Å². The largest absolute Gasteiger partial charge is 0.454 e. The summed E-state index contributed by atoms with van der Waals surface area (Å²) < 4.78 is 5.75. The maximum absolute atomic E-state index is 5.75. The third-order valence-electron chi connectivity index (χ3n) is 3.43. The Hall–Kier alpha value is -2.20. The summed E-state index contributed by atoms with van der Waals surface area (Å²) in [5, 5.41) is 3.45.